The van der Waals surface area contributed by atoms with Gasteiger partial charge in [0.15, 0.2) is 0 Å². The highest BCUT2D eigenvalue weighted by Gasteiger charge is 2.31. The van der Waals surface area contributed by atoms with Crippen molar-refractivity contribution in [2.75, 3.05) is 17.8 Å². The van der Waals surface area contributed by atoms with Gasteiger partial charge in [0.05, 0.1) is 5.69 Å². The van der Waals surface area contributed by atoms with Crippen LogP contribution in [0.15, 0.2) is 24.3 Å². The Morgan fingerprint density at radius 3 is 2.60 bits per heavy atom. The summed E-state index contributed by atoms with van der Waals surface area (Å²) in [5, 5.41) is 0. The predicted octanol–water partition coefficient (Wildman–Crippen LogP) is 1.22. The Balaban J connectivity index is 2.23. The molecule has 0 bridgehead atoms. The Labute approximate surface area is 90.1 Å². The zero-order chi connectivity index (χ0) is 10.9. The minimum Gasteiger partial charge on any atom is -0.271 e. The first-order valence-corrected chi connectivity index (χ1v) is 6.43. The van der Waals surface area contributed by atoms with Gasteiger partial charge < -0.3 is 0 Å². The van der Waals surface area contributed by atoms with Gasteiger partial charge in [0, 0.05) is 13.1 Å². The molecule has 1 aliphatic heterocycles. The van der Waals surface area contributed by atoms with Gasteiger partial charge in [0.1, 0.15) is 0 Å². The van der Waals surface area contributed by atoms with Gasteiger partial charge in [-0.15, -0.1) is 0 Å². The summed E-state index contributed by atoms with van der Waals surface area (Å²) in [5.41, 5.74) is 1.70. The molecule has 0 spiro atoms. The number of anilines is 1. The average Bonchev–Trinajstić information content (AvgIpc) is 3.01. The maximum absolute atomic E-state index is 11.6. The summed E-state index contributed by atoms with van der Waals surface area (Å²) in [6.45, 7) is 3.26. The Morgan fingerprint density at radius 2 is 2.00 bits per heavy atom. The molecule has 1 N–H and O–H groups in total. The number of nitrogens with zero attached hydrogens (tertiary/aromatic N) is 1. The van der Waals surface area contributed by atoms with E-state index in [1.165, 1.54) is 4.31 Å². The van der Waals surface area contributed by atoms with Gasteiger partial charge in [-0.3, -0.25) is 4.72 Å². The number of para-hydroxylation sites is 1. The van der Waals surface area contributed by atoms with Crippen LogP contribution in [-0.2, 0) is 16.6 Å². The first-order valence-electron chi connectivity index (χ1n) is 4.99. The third-order valence-corrected chi connectivity index (χ3v) is 3.91. The highest BCUT2D eigenvalue weighted by atomic mass is 32.2. The Kier molecular flexibility index (Phi) is 2.67. The van der Waals surface area contributed by atoms with E-state index in [2.05, 4.69) is 4.72 Å². The number of hydrogen-bond acceptors (Lipinski definition) is 2. The van der Waals surface area contributed by atoms with Crippen LogP contribution in [-0.4, -0.2) is 25.8 Å². The summed E-state index contributed by atoms with van der Waals surface area (Å²) in [6.07, 6.45) is 0.818. The van der Waals surface area contributed by atoms with Crippen LogP contribution >= 0.6 is 0 Å². The van der Waals surface area contributed by atoms with Crippen molar-refractivity contribution < 1.29 is 8.42 Å². The predicted molar refractivity (Wildman–Crippen MR) is 59.9 cm³/mol. The molecule has 1 aliphatic rings. The lowest BCUT2D eigenvalue weighted by molar-refractivity contribution is 0.569. The minimum absolute atomic E-state index is 0.629. The first kappa shape index (κ1) is 10.4. The SMILES string of the molecule is CCc1ccccc1NS(=O)(=O)N1CC1. The fourth-order valence-corrected chi connectivity index (χ4v) is 2.58. The first-order chi connectivity index (χ1) is 7.13. The second kappa shape index (κ2) is 3.83. The van der Waals surface area contributed by atoms with E-state index in [4.69, 9.17) is 0 Å². The third-order valence-electron chi connectivity index (χ3n) is 2.38. The van der Waals surface area contributed by atoms with Crippen LogP contribution in [0.4, 0.5) is 5.69 Å². The van der Waals surface area contributed by atoms with Gasteiger partial charge in [-0.2, -0.15) is 12.7 Å². The standard InChI is InChI=1S/C10H14N2O2S/c1-2-9-5-3-4-6-10(9)11-15(13,14)12-7-8-12/h3-6,11H,2,7-8H2,1H3. The second-order valence-corrected chi connectivity index (χ2v) is 5.19. The summed E-state index contributed by atoms with van der Waals surface area (Å²) in [4.78, 5) is 0. The summed E-state index contributed by atoms with van der Waals surface area (Å²) >= 11 is 0. The molecule has 0 atom stereocenters. The molecule has 1 aromatic carbocycles. The lowest BCUT2D eigenvalue weighted by atomic mass is 10.1. The number of benzene rings is 1. The van der Waals surface area contributed by atoms with Crippen LogP contribution in [0, 0.1) is 0 Å². The van der Waals surface area contributed by atoms with E-state index < -0.39 is 10.2 Å². The summed E-state index contributed by atoms with van der Waals surface area (Å²) < 4.78 is 27.3. The second-order valence-electron chi connectivity index (χ2n) is 3.52. The number of aryl methyl sites for hydroxylation is 1. The summed E-state index contributed by atoms with van der Waals surface area (Å²) in [6, 6.07) is 7.47. The lowest BCUT2D eigenvalue weighted by Gasteiger charge is -2.11. The molecule has 4 nitrogen and oxygen atoms in total. The van der Waals surface area contributed by atoms with Crippen LogP contribution in [0.5, 0.6) is 0 Å². The number of hydrogen-bond donors (Lipinski definition) is 1. The van der Waals surface area contributed by atoms with E-state index in [0.29, 0.717) is 18.8 Å². The van der Waals surface area contributed by atoms with Crippen molar-refractivity contribution >= 4 is 15.9 Å². The number of rotatable bonds is 4. The fraction of sp³-hybridized carbons (Fsp3) is 0.400. The maximum atomic E-state index is 11.6. The molecular formula is C10H14N2O2S. The van der Waals surface area contributed by atoms with E-state index in [-0.39, 0.29) is 0 Å². The average molecular weight is 226 g/mol. The molecule has 5 heteroatoms. The molecular weight excluding hydrogens is 212 g/mol. The molecule has 0 saturated carbocycles. The van der Waals surface area contributed by atoms with Crippen molar-refractivity contribution in [2.45, 2.75) is 13.3 Å². The van der Waals surface area contributed by atoms with Gasteiger partial charge in [-0.1, -0.05) is 25.1 Å². The van der Waals surface area contributed by atoms with Crippen LogP contribution in [0.25, 0.3) is 0 Å². The molecule has 1 fully saturated rings. The maximum Gasteiger partial charge on any atom is 0.301 e. The summed E-state index contributed by atoms with van der Waals surface area (Å²) in [7, 11) is -3.29. The molecule has 15 heavy (non-hydrogen) atoms. The Bertz CT molecular complexity index is 452. The molecule has 82 valence electrons. The van der Waals surface area contributed by atoms with Crippen molar-refractivity contribution in [3.05, 3.63) is 29.8 Å². The smallest absolute Gasteiger partial charge is 0.271 e. The van der Waals surface area contributed by atoms with Gasteiger partial charge in [-0.05, 0) is 18.1 Å². The molecule has 0 aromatic heterocycles. The van der Waals surface area contributed by atoms with Crippen molar-refractivity contribution in [2.24, 2.45) is 0 Å². The molecule has 1 saturated heterocycles. The van der Waals surface area contributed by atoms with E-state index in [1.807, 2.05) is 25.1 Å². The van der Waals surface area contributed by atoms with Crippen molar-refractivity contribution in [1.82, 2.24) is 4.31 Å². The normalized spacial score (nSPS) is 16.3. The van der Waals surface area contributed by atoms with Crippen molar-refractivity contribution in [3.8, 4) is 0 Å². The minimum atomic E-state index is -3.29. The van der Waals surface area contributed by atoms with Gasteiger partial charge >= 0.3 is 10.2 Å². The van der Waals surface area contributed by atoms with Gasteiger partial charge in [0.25, 0.3) is 0 Å². The van der Waals surface area contributed by atoms with Crippen molar-refractivity contribution in [3.63, 3.8) is 0 Å². The third kappa shape index (κ3) is 2.30. The van der Waals surface area contributed by atoms with E-state index in [0.717, 1.165) is 12.0 Å². The topological polar surface area (TPSA) is 49.2 Å². The largest absolute Gasteiger partial charge is 0.301 e. The van der Waals surface area contributed by atoms with E-state index in [9.17, 15) is 8.42 Å². The lowest BCUT2D eigenvalue weighted by Crippen LogP contribution is -2.21. The molecule has 0 aliphatic carbocycles. The number of nitrogens with one attached hydrogen (secondary N) is 1. The zero-order valence-electron chi connectivity index (χ0n) is 8.60. The Hall–Kier alpha value is -1.07. The highest BCUT2D eigenvalue weighted by molar-refractivity contribution is 7.90. The van der Waals surface area contributed by atoms with E-state index >= 15 is 0 Å². The molecule has 1 aromatic rings. The zero-order valence-corrected chi connectivity index (χ0v) is 9.42. The quantitative estimate of drug-likeness (QED) is 0.785. The van der Waals surface area contributed by atoms with Gasteiger partial charge in [-0.25, -0.2) is 0 Å². The fourth-order valence-electron chi connectivity index (χ4n) is 1.41. The monoisotopic (exact) mass is 226 g/mol. The molecule has 0 radical (unpaired) electrons. The molecule has 0 unspecified atom stereocenters. The molecule has 0 amide bonds. The van der Waals surface area contributed by atoms with Crippen LogP contribution in [0.3, 0.4) is 0 Å². The van der Waals surface area contributed by atoms with Crippen LogP contribution < -0.4 is 4.72 Å². The summed E-state index contributed by atoms with van der Waals surface area (Å²) in [5.74, 6) is 0. The van der Waals surface area contributed by atoms with Crippen LogP contribution in [0.2, 0.25) is 0 Å². The van der Waals surface area contributed by atoms with E-state index in [1.54, 1.807) is 6.07 Å². The van der Waals surface area contributed by atoms with Crippen LogP contribution in [0.1, 0.15) is 12.5 Å². The van der Waals surface area contributed by atoms with Gasteiger partial charge in [0.2, 0.25) is 0 Å². The molecule has 2 rings (SSSR count). The highest BCUT2D eigenvalue weighted by Crippen LogP contribution is 2.20. The van der Waals surface area contributed by atoms with Crippen molar-refractivity contribution in [1.29, 1.82) is 0 Å². The Morgan fingerprint density at radius 1 is 1.33 bits per heavy atom. The molecule has 1 heterocycles.